The van der Waals surface area contributed by atoms with Gasteiger partial charge in [-0.3, -0.25) is 0 Å². The molecule has 1 aliphatic carbocycles. The van der Waals surface area contributed by atoms with Crippen molar-refractivity contribution in [1.82, 2.24) is 0 Å². The molecule has 1 aliphatic rings. The van der Waals surface area contributed by atoms with Gasteiger partial charge in [0.2, 0.25) is 0 Å². The molecule has 1 aromatic carbocycles. The second-order valence-electron chi connectivity index (χ2n) is 7.50. The Hall–Kier alpha value is -1.06. The third kappa shape index (κ3) is 6.10. The van der Waals surface area contributed by atoms with Gasteiger partial charge in [-0.1, -0.05) is 57.6 Å². The van der Waals surface area contributed by atoms with Crippen molar-refractivity contribution in [2.24, 2.45) is 5.73 Å². The van der Waals surface area contributed by atoms with Crippen molar-refractivity contribution < 1.29 is 9.84 Å². The third-order valence-electron chi connectivity index (χ3n) is 5.33. The molecule has 3 N–H and O–H groups in total. The SMILES string of the molecule is CCCCCCCCCOc1ccc([C@@H]2CC[C@](N)(CO)C2)cc1. The summed E-state index contributed by atoms with van der Waals surface area (Å²) in [6, 6.07) is 8.47. The molecule has 0 aliphatic heterocycles. The average Bonchev–Trinajstić information content (AvgIpc) is 3.01. The van der Waals surface area contributed by atoms with Crippen LogP contribution in [0.2, 0.25) is 0 Å². The lowest BCUT2D eigenvalue weighted by molar-refractivity contribution is 0.198. The minimum Gasteiger partial charge on any atom is -0.494 e. The quantitative estimate of drug-likeness (QED) is 0.573. The molecule has 136 valence electrons. The summed E-state index contributed by atoms with van der Waals surface area (Å²) in [5.41, 5.74) is 7.11. The van der Waals surface area contributed by atoms with Crippen LogP contribution in [0.15, 0.2) is 24.3 Å². The molecule has 0 aromatic heterocycles. The maximum absolute atomic E-state index is 9.39. The highest BCUT2D eigenvalue weighted by Crippen LogP contribution is 2.39. The van der Waals surface area contributed by atoms with Crippen LogP contribution in [-0.4, -0.2) is 23.9 Å². The largest absolute Gasteiger partial charge is 0.494 e. The highest BCUT2D eigenvalue weighted by Gasteiger charge is 2.35. The summed E-state index contributed by atoms with van der Waals surface area (Å²) >= 11 is 0. The zero-order chi connectivity index (χ0) is 17.3. The Labute approximate surface area is 147 Å². The Morgan fingerprint density at radius 2 is 1.75 bits per heavy atom. The van der Waals surface area contributed by atoms with E-state index in [2.05, 4.69) is 31.2 Å². The standard InChI is InChI=1S/C21H35NO2/c1-2-3-4-5-6-7-8-15-24-20-11-9-18(10-12-20)19-13-14-21(22,16-19)17-23/h9-12,19,23H,2-8,13-17,22H2,1H3/t19-,21-/m1/s1. The molecule has 1 saturated carbocycles. The first kappa shape index (κ1) is 19.3. The number of aliphatic hydroxyl groups is 1. The van der Waals surface area contributed by atoms with Gasteiger partial charge in [0.25, 0.3) is 0 Å². The zero-order valence-electron chi connectivity index (χ0n) is 15.3. The first-order valence-corrected chi connectivity index (χ1v) is 9.79. The second-order valence-corrected chi connectivity index (χ2v) is 7.50. The van der Waals surface area contributed by atoms with Gasteiger partial charge >= 0.3 is 0 Å². The number of benzene rings is 1. The van der Waals surface area contributed by atoms with Gasteiger partial charge in [-0.25, -0.2) is 0 Å². The van der Waals surface area contributed by atoms with Crippen LogP contribution in [0.1, 0.15) is 82.6 Å². The van der Waals surface area contributed by atoms with Crippen LogP contribution in [0, 0.1) is 0 Å². The van der Waals surface area contributed by atoms with E-state index in [1.54, 1.807) is 0 Å². The molecule has 2 atom stereocenters. The van der Waals surface area contributed by atoms with Crippen molar-refractivity contribution in [2.45, 2.75) is 82.6 Å². The Bertz CT molecular complexity index is 459. The Morgan fingerprint density at radius 1 is 1.08 bits per heavy atom. The summed E-state index contributed by atoms with van der Waals surface area (Å²) in [4.78, 5) is 0. The lowest BCUT2D eigenvalue weighted by Gasteiger charge is -2.21. The molecule has 0 heterocycles. The summed E-state index contributed by atoms with van der Waals surface area (Å²) < 4.78 is 5.85. The highest BCUT2D eigenvalue weighted by atomic mass is 16.5. The smallest absolute Gasteiger partial charge is 0.119 e. The van der Waals surface area contributed by atoms with E-state index in [1.165, 1.54) is 44.1 Å². The van der Waals surface area contributed by atoms with Gasteiger partial charge in [0.1, 0.15) is 5.75 Å². The molecule has 2 rings (SSSR count). The lowest BCUT2D eigenvalue weighted by Crippen LogP contribution is -2.40. The summed E-state index contributed by atoms with van der Waals surface area (Å²) in [7, 11) is 0. The van der Waals surface area contributed by atoms with Gasteiger partial charge in [0, 0.05) is 5.54 Å². The van der Waals surface area contributed by atoms with Gasteiger partial charge in [0.05, 0.1) is 13.2 Å². The molecular weight excluding hydrogens is 298 g/mol. The van der Waals surface area contributed by atoms with Crippen molar-refractivity contribution >= 4 is 0 Å². The van der Waals surface area contributed by atoms with E-state index in [0.29, 0.717) is 5.92 Å². The van der Waals surface area contributed by atoms with Crippen LogP contribution in [-0.2, 0) is 0 Å². The van der Waals surface area contributed by atoms with E-state index < -0.39 is 0 Å². The Balaban J connectivity index is 1.64. The fraction of sp³-hybridized carbons (Fsp3) is 0.714. The molecular formula is C21H35NO2. The van der Waals surface area contributed by atoms with Crippen LogP contribution in [0.4, 0.5) is 0 Å². The Morgan fingerprint density at radius 3 is 2.38 bits per heavy atom. The van der Waals surface area contributed by atoms with Crippen molar-refractivity contribution in [3.05, 3.63) is 29.8 Å². The molecule has 3 nitrogen and oxygen atoms in total. The average molecular weight is 334 g/mol. The van der Waals surface area contributed by atoms with Crippen LogP contribution in [0.3, 0.4) is 0 Å². The number of hydrogen-bond donors (Lipinski definition) is 2. The molecule has 0 bridgehead atoms. The fourth-order valence-corrected chi connectivity index (χ4v) is 3.67. The Kier molecular flexibility index (Phi) is 8.07. The van der Waals surface area contributed by atoms with Crippen molar-refractivity contribution in [3.63, 3.8) is 0 Å². The normalized spacial score (nSPS) is 23.5. The predicted octanol–water partition coefficient (Wildman–Crippen LogP) is 4.77. The number of unbranched alkanes of at least 4 members (excludes halogenated alkanes) is 6. The molecule has 0 radical (unpaired) electrons. The van der Waals surface area contributed by atoms with Crippen LogP contribution in [0.25, 0.3) is 0 Å². The molecule has 0 unspecified atom stereocenters. The molecule has 0 saturated heterocycles. The lowest BCUT2D eigenvalue weighted by atomic mass is 9.94. The summed E-state index contributed by atoms with van der Waals surface area (Å²) in [6.45, 7) is 3.15. The van der Waals surface area contributed by atoms with E-state index in [4.69, 9.17) is 10.5 Å². The summed E-state index contributed by atoms with van der Waals surface area (Å²) in [5, 5.41) is 9.39. The minimum atomic E-state index is -0.378. The maximum Gasteiger partial charge on any atom is 0.119 e. The maximum atomic E-state index is 9.39. The van der Waals surface area contributed by atoms with Crippen molar-refractivity contribution in [2.75, 3.05) is 13.2 Å². The van der Waals surface area contributed by atoms with Crippen LogP contribution < -0.4 is 10.5 Å². The molecule has 3 heteroatoms. The first-order chi connectivity index (χ1) is 11.7. The highest BCUT2D eigenvalue weighted by molar-refractivity contribution is 5.30. The molecule has 0 spiro atoms. The molecule has 24 heavy (non-hydrogen) atoms. The van der Waals surface area contributed by atoms with Gasteiger partial charge in [-0.2, -0.15) is 0 Å². The van der Waals surface area contributed by atoms with Crippen LogP contribution in [0.5, 0.6) is 5.75 Å². The van der Waals surface area contributed by atoms with Gasteiger partial charge in [0.15, 0.2) is 0 Å². The van der Waals surface area contributed by atoms with E-state index in [1.807, 2.05) is 0 Å². The molecule has 0 amide bonds. The fourth-order valence-electron chi connectivity index (χ4n) is 3.67. The number of nitrogens with two attached hydrogens (primary N) is 1. The van der Waals surface area contributed by atoms with E-state index in [0.717, 1.165) is 38.0 Å². The summed E-state index contributed by atoms with van der Waals surface area (Å²) in [6.07, 6.45) is 12.0. The predicted molar refractivity (Wildman–Crippen MR) is 101 cm³/mol. The minimum absolute atomic E-state index is 0.0864. The number of hydrogen-bond acceptors (Lipinski definition) is 3. The third-order valence-corrected chi connectivity index (χ3v) is 5.33. The van der Waals surface area contributed by atoms with Crippen molar-refractivity contribution in [3.8, 4) is 5.75 Å². The monoisotopic (exact) mass is 333 g/mol. The summed E-state index contributed by atoms with van der Waals surface area (Å²) in [5.74, 6) is 1.43. The van der Waals surface area contributed by atoms with Crippen LogP contribution >= 0.6 is 0 Å². The zero-order valence-corrected chi connectivity index (χ0v) is 15.3. The molecule has 1 fully saturated rings. The van der Waals surface area contributed by atoms with E-state index in [-0.39, 0.29) is 12.1 Å². The number of rotatable bonds is 11. The molecule has 1 aromatic rings. The second kappa shape index (κ2) is 10.0. The van der Waals surface area contributed by atoms with E-state index >= 15 is 0 Å². The van der Waals surface area contributed by atoms with Crippen molar-refractivity contribution in [1.29, 1.82) is 0 Å². The topological polar surface area (TPSA) is 55.5 Å². The van der Waals surface area contributed by atoms with Gasteiger partial charge in [-0.05, 0) is 49.3 Å². The van der Waals surface area contributed by atoms with Gasteiger partial charge in [-0.15, -0.1) is 0 Å². The van der Waals surface area contributed by atoms with E-state index in [9.17, 15) is 5.11 Å². The number of aliphatic hydroxyl groups excluding tert-OH is 1. The number of ether oxygens (including phenoxy) is 1. The van der Waals surface area contributed by atoms with Gasteiger partial charge < -0.3 is 15.6 Å². The first-order valence-electron chi connectivity index (χ1n) is 9.79.